The summed E-state index contributed by atoms with van der Waals surface area (Å²) < 4.78 is 1.29. The van der Waals surface area contributed by atoms with Gasteiger partial charge in [-0.2, -0.15) is 0 Å². The molecule has 0 saturated carbocycles. The topological polar surface area (TPSA) is 37.4 Å². The van der Waals surface area contributed by atoms with Gasteiger partial charge in [-0.3, -0.25) is 9.59 Å². The van der Waals surface area contributed by atoms with Crippen LogP contribution in [0.1, 0.15) is 41.5 Å². The van der Waals surface area contributed by atoms with Crippen molar-refractivity contribution >= 4 is 23.8 Å². The summed E-state index contributed by atoms with van der Waals surface area (Å²) in [5.74, 6) is 0.0375. The third kappa shape index (κ3) is 2.09. The zero-order chi connectivity index (χ0) is 12.6. The molecule has 0 bridgehead atoms. The van der Waals surface area contributed by atoms with Crippen molar-refractivity contribution in [2.24, 2.45) is 5.92 Å². The normalized spacial score (nSPS) is 16.6. The highest BCUT2D eigenvalue weighted by Gasteiger charge is 2.36. The summed E-state index contributed by atoms with van der Waals surface area (Å²) in [5.41, 5.74) is 1.03. The van der Waals surface area contributed by atoms with E-state index in [0.717, 1.165) is 0 Å². The molecule has 0 aromatic heterocycles. The van der Waals surface area contributed by atoms with E-state index in [4.69, 9.17) is 0 Å². The minimum absolute atomic E-state index is 0.192. The maximum absolute atomic E-state index is 12.0. The third-order valence-electron chi connectivity index (χ3n) is 2.97. The molecular formula is C13H15NO2S. The van der Waals surface area contributed by atoms with Crippen LogP contribution in [0, 0.1) is 5.92 Å². The molecule has 0 N–H and O–H groups in total. The number of hydrogen-bond acceptors (Lipinski definition) is 3. The molecule has 2 amide bonds. The first kappa shape index (κ1) is 12.2. The fourth-order valence-corrected chi connectivity index (χ4v) is 2.51. The van der Waals surface area contributed by atoms with Crippen LogP contribution < -0.4 is 0 Å². The quantitative estimate of drug-likeness (QED) is 0.610. The molecule has 0 fully saturated rings. The lowest BCUT2D eigenvalue weighted by atomic mass is 10.1. The molecule has 0 saturated heterocycles. The van der Waals surface area contributed by atoms with Gasteiger partial charge in [-0.25, -0.2) is 4.31 Å². The van der Waals surface area contributed by atoms with Gasteiger partial charge in [-0.1, -0.05) is 32.9 Å². The van der Waals surface area contributed by atoms with Crippen LogP contribution >= 0.6 is 11.9 Å². The van der Waals surface area contributed by atoms with Gasteiger partial charge in [0.15, 0.2) is 0 Å². The number of nitrogens with zero attached hydrogens (tertiary/aromatic N) is 1. The van der Waals surface area contributed by atoms with Gasteiger partial charge in [0.25, 0.3) is 11.8 Å². The Bertz CT molecular complexity index is 435. The molecule has 0 radical (unpaired) electrons. The molecule has 90 valence electrons. The van der Waals surface area contributed by atoms with E-state index in [2.05, 4.69) is 13.8 Å². The number of rotatable bonds is 3. The average Bonchev–Trinajstić information content (AvgIpc) is 2.55. The number of fused-ring (bicyclic) bond motifs is 1. The molecule has 0 aliphatic carbocycles. The monoisotopic (exact) mass is 249 g/mol. The van der Waals surface area contributed by atoms with E-state index in [1.54, 1.807) is 24.3 Å². The van der Waals surface area contributed by atoms with E-state index in [1.807, 2.05) is 6.92 Å². The lowest BCUT2D eigenvalue weighted by Gasteiger charge is -2.20. The van der Waals surface area contributed by atoms with E-state index in [9.17, 15) is 9.59 Å². The second kappa shape index (κ2) is 4.53. The van der Waals surface area contributed by atoms with Crippen LogP contribution in [0.2, 0.25) is 0 Å². The van der Waals surface area contributed by atoms with Gasteiger partial charge in [-0.05, 0) is 30.0 Å². The smallest absolute Gasteiger partial charge is 0.268 e. The maximum atomic E-state index is 12.0. The highest BCUT2D eigenvalue weighted by molar-refractivity contribution is 7.98. The number of carbonyl (C=O) groups excluding carboxylic acids is 2. The second-order valence-electron chi connectivity index (χ2n) is 4.50. The van der Waals surface area contributed by atoms with Gasteiger partial charge in [0, 0.05) is 5.25 Å². The molecule has 1 unspecified atom stereocenters. The van der Waals surface area contributed by atoms with Gasteiger partial charge in [0.2, 0.25) is 0 Å². The average molecular weight is 249 g/mol. The number of amides is 2. The van der Waals surface area contributed by atoms with Gasteiger partial charge < -0.3 is 0 Å². The predicted octanol–water partition coefficient (Wildman–Crippen LogP) is 2.98. The Balaban J connectivity index is 2.25. The van der Waals surface area contributed by atoms with Gasteiger partial charge >= 0.3 is 0 Å². The van der Waals surface area contributed by atoms with Gasteiger partial charge in [0.1, 0.15) is 0 Å². The standard InChI is InChI=1S/C13H15NO2S/c1-8(2)9(3)17-14-12(15)10-6-4-5-7-11(10)13(14)16/h4-9H,1-3H3. The Morgan fingerprint density at radius 1 is 1.00 bits per heavy atom. The summed E-state index contributed by atoms with van der Waals surface area (Å²) >= 11 is 1.32. The van der Waals surface area contributed by atoms with Crippen molar-refractivity contribution in [2.75, 3.05) is 0 Å². The Labute approximate surface area is 105 Å². The summed E-state index contributed by atoms with van der Waals surface area (Å²) in [7, 11) is 0. The fraction of sp³-hybridized carbons (Fsp3) is 0.385. The summed E-state index contributed by atoms with van der Waals surface area (Å²) in [4.78, 5) is 24.1. The molecule has 0 spiro atoms. The fourth-order valence-electron chi connectivity index (χ4n) is 1.55. The molecule has 1 aromatic rings. The van der Waals surface area contributed by atoms with E-state index < -0.39 is 0 Å². The SMILES string of the molecule is CC(C)C(C)SN1C(=O)c2ccccc2C1=O. The molecule has 2 rings (SSSR count). The highest BCUT2D eigenvalue weighted by atomic mass is 32.2. The third-order valence-corrected chi connectivity index (χ3v) is 4.39. The Morgan fingerprint density at radius 2 is 1.47 bits per heavy atom. The molecule has 3 nitrogen and oxygen atoms in total. The zero-order valence-electron chi connectivity index (χ0n) is 10.1. The zero-order valence-corrected chi connectivity index (χ0v) is 11.0. The van der Waals surface area contributed by atoms with Crippen LogP contribution in [0.4, 0.5) is 0 Å². The lowest BCUT2D eigenvalue weighted by Crippen LogP contribution is -2.26. The minimum atomic E-state index is -0.192. The first-order valence-corrected chi connectivity index (χ1v) is 6.50. The van der Waals surface area contributed by atoms with Crippen LogP contribution in [0.15, 0.2) is 24.3 Å². The molecule has 17 heavy (non-hydrogen) atoms. The Morgan fingerprint density at radius 3 is 1.88 bits per heavy atom. The van der Waals surface area contributed by atoms with Crippen molar-refractivity contribution in [3.05, 3.63) is 35.4 Å². The van der Waals surface area contributed by atoms with Crippen LogP contribution in [0.5, 0.6) is 0 Å². The lowest BCUT2D eigenvalue weighted by molar-refractivity contribution is 0.0776. The van der Waals surface area contributed by atoms with E-state index in [0.29, 0.717) is 17.0 Å². The summed E-state index contributed by atoms with van der Waals surface area (Å²) in [5, 5.41) is 0.234. The number of hydrogen-bond donors (Lipinski definition) is 0. The number of imide groups is 1. The molecular weight excluding hydrogens is 234 g/mol. The van der Waals surface area contributed by atoms with Crippen molar-refractivity contribution in [1.82, 2.24) is 4.31 Å². The molecule has 4 heteroatoms. The molecule has 1 atom stereocenters. The van der Waals surface area contributed by atoms with Gasteiger partial charge in [-0.15, -0.1) is 0 Å². The van der Waals surface area contributed by atoms with Crippen molar-refractivity contribution in [3.8, 4) is 0 Å². The van der Waals surface area contributed by atoms with Crippen LogP contribution in [0.25, 0.3) is 0 Å². The van der Waals surface area contributed by atoms with Crippen molar-refractivity contribution < 1.29 is 9.59 Å². The second-order valence-corrected chi connectivity index (χ2v) is 5.82. The Kier molecular flexibility index (Phi) is 3.24. The van der Waals surface area contributed by atoms with Crippen LogP contribution in [0.3, 0.4) is 0 Å². The van der Waals surface area contributed by atoms with E-state index in [-0.39, 0.29) is 17.1 Å². The number of carbonyl (C=O) groups is 2. The highest BCUT2D eigenvalue weighted by Crippen LogP contribution is 2.32. The Hall–Kier alpha value is -1.29. The first-order chi connectivity index (χ1) is 8.02. The molecule has 1 heterocycles. The predicted molar refractivity (Wildman–Crippen MR) is 68.8 cm³/mol. The first-order valence-electron chi connectivity index (χ1n) is 5.67. The summed E-state index contributed by atoms with van der Waals surface area (Å²) in [6.45, 7) is 6.19. The summed E-state index contributed by atoms with van der Waals surface area (Å²) in [6, 6.07) is 6.97. The largest absolute Gasteiger partial charge is 0.271 e. The van der Waals surface area contributed by atoms with Gasteiger partial charge in [0.05, 0.1) is 11.1 Å². The van der Waals surface area contributed by atoms with E-state index >= 15 is 0 Å². The van der Waals surface area contributed by atoms with Crippen molar-refractivity contribution in [3.63, 3.8) is 0 Å². The molecule has 1 aromatic carbocycles. The van der Waals surface area contributed by atoms with Crippen molar-refractivity contribution in [1.29, 1.82) is 0 Å². The van der Waals surface area contributed by atoms with E-state index in [1.165, 1.54) is 16.3 Å². The number of benzene rings is 1. The van der Waals surface area contributed by atoms with Crippen molar-refractivity contribution in [2.45, 2.75) is 26.0 Å². The van der Waals surface area contributed by atoms with Crippen LogP contribution in [-0.4, -0.2) is 21.4 Å². The minimum Gasteiger partial charge on any atom is -0.268 e. The molecule has 1 aliphatic heterocycles. The summed E-state index contributed by atoms with van der Waals surface area (Å²) in [6.07, 6.45) is 0. The maximum Gasteiger partial charge on any atom is 0.271 e. The van der Waals surface area contributed by atoms with Crippen LogP contribution in [-0.2, 0) is 0 Å². The molecule has 1 aliphatic rings.